The van der Waals surface area contributed by atoms with Gasteiger partial charge < -0.3 is 0 Å². The molecule has 7 heteroatoms. The first-order valence-corrected chi connectivity index (χ1v) is 12.3. The quantitative estimate of drug-likeness (QED) is 0.251. The fourth-order valence-electron chi connectivity index (χ4n) is 3.77. The van der Waals surface area contributed by atoms with Gasteiger partial charge in [-0.3, -0.25) is 24.7 Å². The molecule has 1 aliphatic carbocycles. The molecule has 0 fully saturated rings. The number of rotatable bonds is 4. The van der Waals surface area contributed by atoms with Crippen LogP contribution in [0.2, 0.25) is 0 Å². The fraction of sp³-hybridized carbons (Fsp3) is 0.0741. The average Bonchev–Trinajstić information content (AvgIpc) is 3.00. The standard InChI is InChI=1S/C27H18Br2N4O/c28-19-5-9-23(30-13-19)15-32-21-7-3-17-1-2-18-4-8-22(12-26(18)27(34)25(17)11-21)33-16-24-10-6-20(29)14-31-24/h3-16H,1-2H2. The molecule has 0 saturated carbocycles. The van der Waals surface area contributed by atoms with Gasteiger partial charge in [0.05, 0.1) is 35.2 Å². The second-order valence-corrected chi connectivity index (χ2v) is 9.66. The molecule has 2 aromatic heterocycles. The molecule has 0 aliphatic heterocycles. The number of nitrogens with zero attached hydrogens (tertiary/aromatic N) is 4. The van der Waals surface area contributed by atoms with Crippen molar-refractivity contribution in [1.29, 1.82) is 0 Å². The summed E-state index contributed by atoms with van der Waals surface area (Å²) in [6.45, 7) is 0. The number of pyridine rings is 2. The number of aromatic nitrogens is 2. The molecule has 5 nitrogen and oxygen atoms in total. The van der Waals surface area contributed by atoms with E-state index in [1.54, 1.807) is 24.8 Å². The highest BCUT2D eigenvalue weighted by molar-refractivity contribution is 9.10. The molecule has 0 radical (unpaired) electrons. The van der Waals surface area contributed by atoms with E-state index in [2.05, 4.69) is 51.8 Å². The molecule has 1 aliphatic rings. The second kappa shape index (κ2) is 9.91. The van der Waals surface area contributed by atoms with Gasteiger partial charge in [-0.2, -0.15) is 0 Å². The number of hydrogen-bond acceptors (Lipinski definition) is 5. The van der Waals surface area contributed by atoms with Gasteiger partial charge in [0.15, 0.2) is 5.78 Å². The van der Waals surface area contributed by atoms with Crippen molar-refractivity contribution in [2.75, 3.05) is 0 Å². The summed E-state index contributed by atoms with van der Waals surface area (Å²) in [4.78, 5) is 31.2. The largest absolute Gasteiger partial charge is 0.289 e. The first-order valence-electron chi connectivity index (χ1n) is 10.7. The zero-order valence-electron chi connectivity index (χ0n) is 18.0. The molecule has 4 aromatic rings. The summed E-state index contributed by atoms with van der Waals surface area (Å²) in [5.41, 5.74) is 6.37. The molecule has 0 bridgehead atoms. The fourth-order valence-corrected chi connectivity index (χ4v) is 4.24. The molecular weight excluding hydrogens is 556 g/mol. The molecule has 0 spiro atoms. The maximum Gasteiger partial charge on any atom is 0.193 e. The molecule has 5 rings (SSSR count). The lowest BCUT2D eigenvalue weighted by molar-refractivity contribution is 0.103. The molecule has 0 atom stereocenters. The second-order valence-electron chi connectivity index (χ2n) is 7.83. The van der Waals surface area contributed by atoms with Crippen molar-refractivity contribution in [3.05, 3.63) is 116 Å². The van der Waals surface area contributed by atoms with Crippen molar-refractivity contribution in [3.8, 4) is 0 Å². The van der Waals surface area contributed by atoms with Crippen LogP contribution in [-0.2, 0) is 12.8 Å². The van der Waals surface area contributed by atoms with Crippen molar-refractivity contribution < 1.29 is 4.79 Å². The van der Waals surface area contributed by atoms with Crippen molar-refractivity contribution in [3.63, 3.8) is 0 Å². The van der Waals surface area contributed by atoms with E-state index in [0.717, 1.165) is 55.7 Å². The summed E-state index contributed by atoms with van der Waals surface area (Å²) in [5.74, 6) is 0.000123. The Hall–Kier alpha value is -3.29. The number of carbonyl (C=O) groups is 1. The molecular formula is C27H18Br2N4O. The van der Waals surface area contributed by atoms with Crippen LogP contribution in [0, 0.1) is 0 Å². The van der Waals surface area contributed by atoms with Gasteiger partial charge in [0, 0.05) is 32.5 Å². The minimum atomic E-state index is 0.000123. The topological polar surface area (TPSA) is 67.6 Å². The monoisotopic (exact) mass is 572 g/mol. The number of ketones is 1. The van der Waals surface area contributed by atoms with Gasteiger partial charge in [-0.15, -0.1) is 0 Å². The van der Waals surface area contributed by atoms with Crippen LogP contribution in [-0.4, -0.2) is 28.2 Å². The Morgan fingerprint density at radius 2 is 1.15 bits per heavy atom. The third kappa shape index (κ3) is 5.11. The minimum absolute atomic E-state index is 0.000123. The van der Waals surface area contributed by atoms with Crippen LogP contribution in [0.1, 0.15) is 38.4 Å². The smallest absolute Gasteiger partial charge is 0.193 e. The van der Waals surface area contributed by atoms with Crippen LogP contribution in [0.4, 0.5) is 11.4 Å². The van der Waals surface area contributed by atoms with E-state index in [4.69, 9.17) is 0 Å². The highest BCUT2D eigenvalue weighted by atomic mass is 79.9. The number of benzene rings is 2. The van der Waals surface area contributed by atoms with E-state index < -0.39 is 0 Å². The summed E-state index contributed by atoms with van der Waals surface area (Å²) >= 11 is 6.76. The summed E-state index contributed by atoms with van der Waals surface area (Å²) in [6.07, 6.45) is 8.46. The molecule has 2 aromatic carbocycles. The van der Waals surface area contributed by atoms with Gasteiger partial charge in [-0.25, -0.2) is 0 Å². The minimum Gasteiger partial charge on any atom is -0.289 e. The maximum atomic E-state index is 13.5. The predicted octanol–water partition coefficient (Wildman–Crippen LogP) is 6.83. The molecule has 34 heavy (non-hydrogen) atoms. The van der Waals surface area contributed by atoms with Gasteiger partial charge in [0.1, 0.15) is 0 Å². The number of aryl methyl sites for hydroxylation is 2. The average molecular weight is 574 g/mol. The Labute approximate surface area is 214 Å². The molecule has 0 amide bonds. The normalized spacial score (nSPS) is 13.2. The highest BCUT2D eigenvalue weighted by Crippen LogP contribution is 2.30. The van der Waals surface area contributed by atoms with E-state index in [1.807, 2.05) is 60.7 Å². The number of aliphatic imine (C=N–C) groups is 2. The SMILES string of the molecule is O=C1c2cc(N=Cc3ccc(Br)cn3)ccc2CCc2ccc(N=Cc3ccc(Br)cn3)cc21. The maximum absolute atomic E-state index is 13.5. The molecule has 166 valence electrons. The number of hydrogen-bond donors (Lipinski definition) is 0. The Balaban J connectivity index is 1.43. The first-order chi connectivity index (χ1) is 16.5. The zero-order valence-corrected chi connectivity index (χ0v) is 21.1. The van der Waals surface area contributed by atoms with Gasteiger partial charge >= 0.3 is 0 Å². The third-order valence-corrected chi connectivity index (χ3v) is 6.47. The Morgan fingerprint density at radius 3 is 1.56 bits per heavy atom. The number of carbonyl (C=O) groups excluding carboxylic acids is 1. The van der Waals surface area contributed by atoms with Crippen LogP contribution >= 0.6 is 31.9 Å². The van der Waals surface area contributed by atoms with Gasteiger partial charge in [0.2, 0.25) is 0 Å². The van der Waals surface area contributed by atoms with Crippen LogP contribution in [0.3, 0.4) is 0 Å². The number of halogens is 2. The Morgan fingerprint density at radius 1 is 0.676 bits per heavy atom. The van der Waals surface area contributed by atoms with E-state index in [1.165, 1.54) is 0 Å². The zero-order chi connectivity index (χ0) is 23.5. The molecule has 0 saturated heterocycles. The van der Waals surface area contributed by atoms with Crippen LogP contribution in [0.15, 0.2) is 92.0 Å². The molecule has 2 heterocycles. The van der Waals surface area contributed by atoms with Crippen LogP contribution < -0.4 is 0 Å². The van der Waals surface area contributed by atoms with E-state index in [0.29, 0.717) is 11.1 Å². The first kappa shape index (κ1) is 22.5. The Bertz CT molecular complexity index is 1320. The van der Waals surface area contributed by atoms with Gasteiger partial charge in [0.25, 0.3) is 0 Å². The number of fused-ring (bicyclic) bond motifs is 2. The predicted molar refractivity (Wildman–Crippen MR) is 142 cm³/mol. The lowest BCUT2D eigenvalue weighted by atomic mass is 9.98. The Kier molecular flexibility index (Phi) is 6.56. The van der Waals surface area contributed by atoms with E-state index >= 15 is 0 Å². The van der Waals surface area contributed by atoms with E-state index in [9.17, 15) is 4.79 Å². The van der Waals surface area contributed by atoms with Crippen molar-refractivity contribution >= 4 is 61.4 Å². The van der Waals surface area contributed by atoms with Crippen molar-refractivity contribution in [1.82, 2.24) is 9.97 Å². The third-order valence-electron chi connectivity index (χ3n) is 5.53. The van der Waals surface area contributed by atoms with Crippen LogP contribution in [0.5, 0.6) is 0 Å². The summed E-state index contributed by atoms with van der Waals surface area (Å²) in [7, 11) is 0. The lowest BCUT2D eigenvalue weighted by Crippen LogP contribution is -2.04. The molecule has 0 unspecified atom stereocenters. The summed E-state index contributed by atoms with van der Waals surface area (Å²) in [6, 6.07) is 19.2. The summed E-state index contributed by atoms with van der Waals surface area (Å²) < 4.78 is 1.83. The van der Waals surface area contributed by atoms with Crippen molar-refractivity contribution in [2.24, 2.45) is 9.98 Å². The molecule has 0 N–H and O–H groups in total. The summed E-state index contributed by atoms with van der Waals surface area (Å²) in [5, 5.41) is 0. The van der Waals surface area contributed by atoms with Crippen molar-refractivity contribution in [2.45, 2.75) is 12.8 Å². The van der Waals surface area contributed by atoms with Gasteiger partial charge in [-0.1, -0.05) is 12.1 Å². The van der Waals surface area contributed by atoms with E-state index in [-0.39, 0.29) is 5.78 Å². The highest BCUT2D eigenvalue weighted by Gasteiger charge is 2.22. The van der Waals surface area contributed by atoms with Gasteiger partial charge in [-0.05, 0) is 104 Å². The lowest BCUT2D eigenvalue weighted by Gasteiger charge is -2.07. The van der Waals surface area contributed by atoms with Crippen LogP contribution in [0.25, 0.3) is 0 Å².